The Morgan fingerprint density at radius 1 is 1.36 bits per heavy atom. The first-order valence-corrected chi connectivity index (χ1v) is 8.63. The summed E-state index contributed by atoms with van der Waals surface area (Å²) in [5.74, 6) is 2.56. The van der Waals surface area contributed by atoms with Crippen LogP contribution < -0.4 is 15.8 Å². The summed E-state index contributed by atoms with van der Waals surface area (Å²) >= 11 is 0. The molecular formula is C18H24IN5O. The maximum atomic E-state index is 6.10. The third-order valence-electron chi connectivity index (χ3n) is 4.65. The number of hydrogen-bond donors (Lipinski definition) is 2. The maximum absolute atomic E-state index is 6.10. The van der Waals surface area contributed by atoms with Gasteiger partial charge in [-0.1, -0.05) is 18.2 Å². The zero-order valence-electron chi connectivity index (χ0n) is 14.1. The highest BCUT2D eigenvalue weighted by molar-refractivity contribution is 14.0. The lowest BCUT2D eigenvalue weighted by Crippen LogP contribution is -2.37. The van der Waals surface area contributed by atoms with Crippen molar-refractivity contribution in [1.82, 2.24) is 14.9 Å². The minimum Gasteiger partial charge on any atom is -0.493 e. The lowest BCUT2D eigenvalue weighted by molar-refractivity contribution is 0.262. The maximum Gasteiger partial charge on any atom is 0.189 e. The van der Waals surface area contributed by atoms with E-state index in [4.69, 9.17) is 10.5 Å². The highest BCUT2D eigenvalue weighted by atomic mass is 127. The van der Waals surface area contributed by atoms with Crippen LogP contribution in [0.2, 0.25) is 0 Å². The second-order valence-electron chi connectivity index (χ2n) is 6.37. The fourth-order valence-electron chi connectivity index (χ4n) is 3.43. The molecule has 2 aliphatic heterocycles. The highest BCUT2D eigenvalue weighted by Gasteiger charge is 2.21. The molecule has 0 bridgehead atoms. The first kappa shape index (κ1) is 18.0. The number of halogens is 1. The number of ether oxygens (including phenoxy) is 1. The summed E-state index contributed by atoms with van der Waals surface area (Å²) < 4.78 is 7.92. The predicted molar refractivity (Wildman–Crippen MR) is 108 cm³/mol. The SMILES string of the molecule is I.NC(=NCc1cn2c(n1)CCCC2)NC1CCOc2ccccc21. The number of fused-ring (bicyclic) bond motifs is 2. The van der Waals surface area contributed by atoms with Gasteiger partial charge in [0.15, 0.2) is 5.96 Å². The van der Waals surface area contributed by atoms with E-state index in [1.807, 2.05) is 18.2 Å². The molecule has 0 saturated heterocycles. The number of nitrogens with two attached hydrogens (primary N) is 1. The zero-order valence-corrected chi connectivity index (χ0v) is 16.5. The lowest BCUT2D eigenvalue weighted by Gasteiger charge is -2.26. The van der Waals surface area contributed by atoms with Crippen LogP contribution in [0, 0.1) is 0 Å². The number of hydrogen-bond acceptors (Lipinski definition) is 3. The molecule has 1 atom stereocenters. The topological polar surface area (TPSA) is 77.5 Å². The molecule has 7 heteroatoms. The molecular weight excluding hydrogens is 429 g/mol. The third-order valence-corrected chi connectivity index (χ3v) is 4.65. The molecule has 6 nitrogen and oxygen atoms in total. The average Bonchev–Trinajstić information content (AvgIpc) is 3.03. The van der Waals surface area contributed by atoms with E-state index < -0.39 is 0 Å². The number of rotatable bonds is 3. The van der Waals surface area contributed by atoms with Crippen LogP contribution in [0.3, 0.4) is 0 Å². The van der Waals surface area contributed by atoms with Crippen LogP contribution in [0.1, 0.15) is 42.4 Å². The summed E-state index contributed by atoms with van der Waals surface area (Å²) in [5.41, 5.74) is 8.22. The van der Waals surface area contributed by atoms with Crippen molar-refractivity contribution in [3.8, 4) is 5.75 Å². The van der Waals surface area contributed by atoms with Crippen LogP contribution in [-0.4, -0.2) is 22.1 Å². The van der Waals surface area contributed by atoms with Crippen molar-refractivity contribution in [1.29, 1.82) is 0 Å². The van der Waals surface area contributed by atoms with Crippen molar-refractivity contribution in [2.24, 2.45) is 10.7 Å². The minimum atomic E-state index is 0. The van der Waals surface area contributed by atoms with Crippen molar-refractivity contribution in [3.05, 3.63) is 47.5 Å². The largest absolute Gasteiger partial charge is 0.493 e. The van der Waals surface area contributed by atoms with E-state index in [1.54, 1.807) is 0 Å². The second-order valence-corrected chi connectivity index (χ2v) is 6.37. The Morgan fingerprint density at radius 3 is 3.12 bits per heavy atom. The fourth-order valence-corrected chi connectivity index (χ4v) is 3.43. The van der Waals surface area contributed by atoms with E-state index in [-0.39, 0.29) is 30.0 Å². The Bertz CT molecular complexity index is 734. The highest BCUT2D eigenvalue weighted by Crippen LogP contribution is 2.31. The Morgan fingerprint density at radius 2 is 2.24 bits per heavy atom. The Balaban J connectivity index is 0.00000182. The molecule has 0 aliphatic carbocycles. The average molecular weight is 453 g/mol. The molecule has 3 heterocycles. The van der Waals surface area contributed by atoms with Crippen molar-refractivity contribution in [2.75, 3.05) is 6.61 Å². The number of nitrogens with zero attached hydrogens (tertiary/aromatic N) is 3. The molecule has 3 N–H and O–H groups in total. The van der Waals surface area contributed by atoms with Gasteiger partial charge in [0.2, 0.25) is 0 Å². The molecule has 25 heavy (non-hydrogen) atoms. The van der Waals surface area contributed by atoms with Gasteiger partial charge in [0.25, 0.3) is 0 Å². The number of aromatic nitrogens is 2. The van der Waals surface area contributed by atoms with Crippen LogP contribution in [0.5, 0.6) is 5.75 Å². The number of aryl methyl sites for hydroxylation is 2. The Hall–Kier alpha value is -1.77. The summed E-state index contributed by atoms with van der Waals surface area (Å²) in [4.78, 5) is 9.13. The number of benzene rings is 1. The van der Waals surface area contributed by atoms with Crippen LogP contribution >= 0.6 is 24.0 Å². The number of para-hydroxylation sites is 1. The molecule has 134 valence electrons. The second kappa shape index (κ2) is 8.07. The fraction of sp³-hybridized carbons (Fsp3) is 0.444. The van der Waals surface area contributed by atoms with Crippen molar-refractivity contribution >= 4 is 29.9 Å². The van der Waals surface area contributed by atoms with Gasteiger partial charge in [-0.15, -0.1) is 24.0 Å². The molecule has 1 aromatic heterocycles. The first-order chi connectivity index (χ1) is 11.8. The van der Waals surface area contributed by atoms with E-state index in [9.17, 15) is 0 Å². The number of guanidine groups is 1. The number of nitrogens with one attached hydrogen (secondary N) is 1. The van der Waals surface area contributed by atoms with E-state index >= 15 is 0 Å². The van der Waals surface area contributed by atoms with E-state index in [1.165, 1.54) is 18.7 Å². The molecule has 2 aromatic rings. The Kier molecular flexibility index (Phi) is 5.82. The summed E-state index contributed by atoms with van der Waals surface area (Å²) in [5, 5.41) is 3.32. The van der Waals surface area contributed by atoms with Crippen LogP contribution in [0.15, 0.2) is 35.5 Å². The summed E-state index contributed by atoms with van der Waals surface area (Å²) in [6.07, 6.45) is 6.52. The molecule has 0 amide bonds. The van der Waals surface area contributed by atoms with Gasteiger partial charge in [0.1, 0.15) is 11.6 Å². The van der Waals surface area contributed by atoms with E-state index in [2.05, 4.69) is 32.1 Å². The number of aliphatic imine (C=N–C) groups is 1. The first-order valence-electron chi connectivity index (χ1n) is 8.63. The lowest BCUT2D eigenvalue weighted by atomic mass is 10.0. The van der Waals surface area contributed by atoms with Crippen molar-refractivity contribution in [3.63, 3.8) is 0 Å². The van der Waals surface area contributed by atoms with Gasteiger partial charge < -0.3 is 20.4 Å². The van der Waals surface area contributed by atoms with Gasteiger partial charge in [-0.3, -0.25) is 0 Å². The molecule has 1 aromatic carbocycles. The van der Waals surface area contributed by atoms with Crippen molar-refractivity contribution < 1.29 is 4.74 Å². The summed E-state index contributed by atoms with van der Waals surface area (Å²) in [6.45, 7) is 2.28. The van der Waals surface area contributed by atoms with Gasteiger partial charge >= 0.3 is 0 Å². The quantitative estimate of drug-likeness (QED) is 0.426. The predicted octanol–water partition coefficient (Wildman–Crippen LogP) is 2.77. The molecule has 0 spiro atoms. The van der Waals surface area contributed by atoms with Crippen LogP contribution in [-0.2, 0) is 19.5 Å². The third kappa shape index (κ3) is 4.08. The monoisotopic (exact) mass is 453 g/mol. The number of imidazole rings is 1. The van der Waals surface area contributed by atoms with Crippen molar-refractivity contribution in [2.45, 2.75) is 44.8 Å². The molecule has 0 fully saturated rings. The van der Waals surface area contributed by atoms with Crippen LogP contribution in [0.4, 0.5) is 0 Å². The van der Waals surface area contributed by atoms with Gasteiger partial charge in [0, 0.05) is 31.1 Å². The van der Waals surface area contributed by atoms with E-state index in [0.717, 1.165) is 36.4 Å². The molecule has 2 aliphatic rings. The smallest absolute Gasteiger partial charge is 0.189 e. The van der Waals surface area contributed by atoms with Gasteiger partial charge in [-0.25, -0.2) is 9.98 Å². The summed E-state index contributed by atoms with van der Waals surface area (Å²) in [7, 11) is 0. The molecule has 1 unspecified atom stereocenters. The normalized spacial score (nSPS) is 19.2. The van der Waals surface area contributed by atoms with Gasteiger partial charge in [0.05, 0.1) is 24.9 Å². The standard InChI is InChI=1S/C18H23N5O.HI/c19-18(20-11-13-12-23-9-4-3-7-17(23)21-13)22-15-8-10-24-16-6-2-1-5-14(15)16;/h1-2,5-6,12,15H,3-4,7-11H2,(H3,19,20,22);1H. The van der Waals surface area contributed by atoms with Gasteiger partial charge in [-0.2, -0.15) is 0 Å². The molecule has 4 rings (SSSR count). The minimum absolute atomic E-state index is 0. The summed E-state index contributed by atoms with van der Waals surface area (Å²) in [6, 6.07) is 8.22. The van der Waals surface area contributed by atoms with Crippen LogP contribution in [0.25, 0.3) is 0 Å². The Labute approximate surface area is 164 Å². The van der Waals surface area contributed by atoms with E-state index in [0.29, 0.717) is 19.1 Å². The zero-order chi connectivity index (χ0) is 16.4. The molecule has 0 radical (unpaired) electrons. The molecule has 0 saturated carbocycles. The van der Waals surface area contributed by atoms with Gasteiger partial charge in [-0.05, 0) is 18.9 Å².